The Bertz CT molecular complexity index is 564. The Morgan fingerprint density at radius 3 is 2.54 bits per heavy atom. The first-order chi connectivity index (χ1) is 11.5. The molecule has 3 N–H and O–H groups in total. The molecule has 0 aromatic heterocycles. The average molecular weight is 332 g/mol. The van der Waals surface area contributed by atoms with Crippen LogP contribution in [0.4, 0.5) is 5.69 Å². The highest BCUT2D eigenvalue weighted by Crippen LogP contribution is 2.14. The van der Waals surface area contributed by atoms with Crippen LogP contribution in [0.2, 0.25) is 0 Å². The van der Waals surface area contributed by atoms with Gasteiger partial charge >= 0.3 is 0 Å². The summed E-state index contributed by atoms with van der Waals surface area (Å²) in [4.78, 5) is 28.5. The second kappa shape index (κ2) is 8.80. The van der Waals surface area contributed by atoms with Gasteiger partial charge in [-0.25, -0.2) is 0 Å². The van der Waals surface area contributed by atoms with Crippen LogP contribution in [0.15, 0.2) is 24.3 Å². The van der Waals surface area contributed by atoms with Gasteiger partial charge < -0.3 is 16.0 Å². The van der Waals surface area contributed by atoms with Crippen molar-refractivity contribution < 1.29 is 9.59 Å². The van der Waals surface area contributed by atoms with Crippen LogP contribution in [0.5, 0.6) is 0 Å². The van der Waals surface area contributed by atoms with Gasteiger partial charge in [0.05, 0.1) is 6.54 Å². The highest BCUT2D eigenvalue weighted by atomic mass is 16.2. The minimum absolute atomic E-state index is 0.0129. The Labute approximate surface area is 144 Å². The van der Waals surface area contributed by atoms with E-state index in [4.69, 9.17) is 5.73 Å². The molecule has 0 bridgehead atoms. The van der Waals surface area contributed by atoms with Crippen molar-refractivity contribution in [3.05, 3.63) is 29.8 Å². The van der Waals surface area contributed by atoms with Crippen LogP contribution in [0, 0.1) is 0 Å². The lowest BCUT2D eigenvalue weighted by atomic mass is 10.1. The van der Waals surface area contributed by atoms with Crippen LogP contribution in [-0.4, -0.2) is 60.4 Å². The van der Waals surface area contributed by atoms with Gasteiger partial charge in [0.2, 0.25) is 5.91 Å². The van der Waals surface area contributed by atoms with Crippen molar-refractivity contribution in [2.24, 2.45) is 5.73 Å². The summed E-state index contributed by atoms with van der Waals surface area (Å²) in [7, 11) is 0. The molecular formula is C18H28N4O2. The van der Waals surface area contributed by atoms with Crippen LogP contribution in [0.3, 0.4) is 0 Å². The largest absolute Gasteiger partial charge is 0.339 e. The number of carbonyl (C=O) groups is 2. The summed E-state index contributed by atoms with van der Waals surface area (Å²) in [6.07, 6.45) is 1.86. The number of hydrogen-bond acceptors (Lipinski definition) is 4. The Hall–Kier alpha value is -1.92. The summed E-state index contributed by atoms with van der Waals surface area (Å²) < 4.78 is 0. The average Bonchev–Trinajstić information content (AvgIpc) is 2.58. The molecule has 0 aliphatic carbocycles. The van der Waals surface area contributed by atoms with Crippen molar-refractivity contribution in [3.63, 3.8) is 0 Å². The van der Waals surface area contributed by atoms with Crippen LogP contribution in [0.25, 0.3) is 0 Å². The summed E-state index contributed by atoms with van der Waals surface area (Å²) >= 11 is 0. The molecule has 2 rings (SSSR count). The molecular weight excluding hydrogens is 304 g/mol. The Morgan fingerprint density at radius 2 is 1.92 bits per heavy atom. The van der Waals surface area contributed by atoms with Crippen LogP contribution < -0.4 is 11.1 Å². The van der Waals surface area contributed by atoms with E-state index in [-0.39, 0.29) is 17.9 Å². The van der Waals surface area contributed by atoms with E-state index in [1.807, 2.05) is 19.9 Å². The molecule has 1 fully saturated rings. The second-order valence-corrected chi connectivity index (χ2v) is 6.22. The van der Waals surface area contributed by atoms with Gasteiger partial charge in [-0.15, -0.1) is 0 Å². The van der Waals surface area contributed by atoms with Gasteiger partial charge in [-0.1, -0.05) is 6.07 Å². The summed E-state index contributed by atoms with van der Waals surface area (Å²) in [6.45, 7) is 7.33. The molecule has 0 unspecified atom stereocenters. The first kappa shape index (κ1) is 18.4. The number of likely N-dealkylation sites (tertiary alicyclic amines) is 1. The molecule has 0 atom stereocenters. The maximum Gasteiger partial charge on any atom is 0.253 e. The van der Waals surface area contributed by atoms with Gasteiger partial charge in [-0.2, -0.15) is 0 Å². The molecule has 24 heavy (non-hydrogen) atoms. The minimum atomic E-state index is -0.0575. The third-order valence-electron chi connectivity index (χ3n) is 4.44. The maximum atomic E-state index is 12.4. The van der Waals surface area contributed by atoms with E-state index >= 15 is 0 Å². The molecule has 6 heteroatoms. The van der Waals surface area contributed by atoms with Crippen molar-refractivity contribution in [1.29, 1.82) is 0 Å². The van der Waals surface area contributed by atoms with E-state index < -0.39 is 0 Å². The van der Waals surface area contributed by atoms with Gasteiger partial charge in [0.1, 0.15) is 0 Å². The quantitative estimate of drug-likeness (QED) is 0.828. The number of rotatable bonds is 6. The van der Waals surface area contributed by atoms with Crippen molar-refractivity contribution in [2.45, 2.75) is 32.7 Å². The number of piperidine rings is 1. The van der Waals surface area contributed by atoms with Crippen molar-refractivity contribution in [1.82, 2.24) is 9.80 Å². The maximum absolute atomic E-state index is 12.4. The number of hydrogen-bond donors (Lipinski definition) is 2. The Kier molecular flexibility index (Phi) is 6.75. The van der Waals surface area contributed by atoms with Crippen LogP contribution in [-0.2, 0) is 4.79 Å². The molecule has 1 heterocycles. The normalized spacial score (nSPS) is 16.0. The van der Waals surface area contributed by atoms with E-state index in [1.165, 1.54) is 0 Å². The fourth-order valence-electron chi connectivity index (χ4n) is 2.94. The first-order valence-corrected chi connectivity index (χ1v) is 8.70. The molecule has 132 valence electrons. The van der Waals surface area contributed by atoms with E-state index in [1.54, 1.807) is 23.1 Å². The number of nitrogens with zero attached hydrogens (tertiary/aromatic N) is 2. The minimum Gasteiger partial charge on any atom is -0.339 e. The topological polar surface area (TPSA) is 78.7 Å². The molecule has 0 spiro atoms. The fourth-order valence-corrected chi connectivity index (χ4v) is 2.94. The number of amides is 2. The molecule has 1 aromatic carbocycles. The predicted molar refractivity (Wildman–Crippen MR) is 96.0 cm³/mol. The van der Waals surface area contributed by atoms with E-state index in [9.17, 15) is 9.59 Å². The predicted octanol–water partition coefficient (Wildman–Crippen LogP) is 1.53. The van der Waals surface area contributed by atoms with Gasteiger partial charge in [0.15, 0.2) is 0 Å². The molecule has 0 radical (unpaired) electrons. The van der Waals surface area contributed by atoms with Crippen molar-refractivity contribution in [2.75, 3.05) is 38.0 Å². The Balaban J connectivity index is 1.94. The van der Waals surface area contributed by atoms with Crippen LogP contribution in [0.1, 0.15) is 37.0 Å². The second-order valence-electron chi connectivity index (χ2n) is 6.22. The number of carbonyl (C=O) groups excluding carboxylic acids is 2. The first-order valence-electron chi connectivity index (χ1n) is 8.70. The van der Waals surface area contributed by atoms with Gasteiger partial charge in [0.25, 0.3) is 5.91 Å². The zero-order valence-electron chi connectivity index (χ0n) is 14.6. The van der Waals surface area contributed by atoms with Crippen LogP contribution >= 0.6 is 0 Å². The van der Waals surface area contributed by atoms with E-state index in [2.05, 4.69) is 10.2 Å². The molecule has 1 aliphatic heterocycles. The van der Waals surface area contributed by atoms with Crippen molar-refractivity contribution in [3.8, 4) is 0 Å². The molecule has 2 amide bonds. The van der Waals surface area contributed by atoms with Gasteiger partial charge in [0, 0.05) is 43.5 Å². The monoisotopic (exact) mass is 332 g/mol. The lowest BCUT2D eigenvalue weighted by molar-refractivity contribution is -0.117. The summed E-state index contributed by atoms with van der Waals surface area (Å²) in [5.74, 6) is -0.0703. The molecule has 6 nitrogen and oxygen atoms in total. The zero-order valence-corrected chi connectivity index (χ0v) is 14.6. The smallest absolute Gasteiger partial charge is 0.253 e. The van der Waals surface area contributed by atoms with Gasteiger partial charge in [-0.05, 0) is 44.9 Å². The highest BCUT2D eigenvalue weighted by Gasteiger charge is 2.18. The molecule has 0 saturated carbocycles. The number of nitrogens with one attached hydrogen (secondary N) is 1. The standard InChI is InChI=1S/C18H28N4O2/c1-3-22(4-2)18(24)14-6-5-7-16(12-14)20-17(23)13-21-10-8-15(19)9-11-21/h5-7,12,15H,3-4,8-11,13,19H2,1-2H3,(H,20,23). The highest BCUT2D eigenvalue weighted by molar-refractivity contribution is 5.97. The summed E-state index contributed by atoms with van der Waals surface area (Å²) in [5, 5.41) is 2.89. The number of benzene rings is 1. The number of anilines is 1. The third kappa shape index (κ3) is 5.04. The molecule has 1 aliphatic rings. The summed E-state index contributed by atoms with van der Waals surface area (Å²) in [6, 6.07) is 7.38. The molecule has 1 aromatic rings. The van der Waals surface area contributed by atoms with Crippen molar-refractivity contribution >= 4 is 17.5 Å². The summed E-state index contributed by atoms with van der Waals surface area (Å²) in [5.41, 5.74) is 7.14. The number of nitrogens with two attached hydrogens (primary N) is 1. The van der Waals surface area contributed by atoms with E-state index in [0.717, 1.165) is 25.9 Å². The lowest BCUT2D eigenvalue weighted by Gasteiger charge is -2.29. The Morgan fingerprint density at radius 1 is 1.25 bits per heavy atom. The zero-order chi connectivity index (χ0) is 17.5. The third-order valence-corrected chi connectivity index (χ3v) is 4.44. The fraction of sp³-hybridized carbons (Fsp3) is 0.556. The molecule has 1 saturated heterocycles. The SMILES string of the molecule is CCN(CC)C(=O)c1cccc(NC(=O)CN2CCC(N)CC2)c1. The lowest BCUT2D eigenvalue weighted by Crippen LogP contribution is -2.43. The van der Waals surface area contributed by atoms with Gasteiger partial charge in [-0.3, -0.25) is 14.5 Å². The van der Waals surface area contributed by atoms with E-state index in [0.29, 0.717) is 30.9 Å².